The van der Waals surface area contributed by atoms with Gasteiger partial charge in [-0.3, -0.25) is 0 Å². The SMILES string of the molecule is CC(C)C[C@@](C)(COc1ccc(-c2ccnc(Nc3nccs3)n2)cc1C(F)(F)F)NC(=O)OC(C)(C)C. The first-order chi connectivity index (χ1) is 17.6. The summed E-state index contributed by atoms with van der Waals surface area (Å²) in [6, 6.07) is 5.28. The maximum absolute atomic E-state index is 14.1. The third-order valence-electron chi connectivity index (χ3n) is 5.10. The van der Waals surface area contributed by atoms with Crippen LogP contribution in [0.2, 0.25) is 0 Å². The van der Waals surface area contributed by atoms with Crippen LogP contribution in [-0.2, 0) is 10.9 Å². The van der Waals surface area contributed by atoms with Crippen LogP contribution in [0.5, 0.6) is 5.75 Å². The second-order valence-corrected chi connectivity index (χ2v) is 11.4. The van der Waals surface area contributed by atoms with Crippen LogP contribution in [0.25, 0.3) is 11.3 Å². The minimum absolute atomic E-state index is 0.132. The van der Waals surface area contributed by atoms with E-state index in [0.29, 0.717) is 17.2 Å². The molecule has 2 heterocycles. The molecular formula is C26H32F3N5O3S. The molecule has 0 aliphatic heterocycles. The topological polar surface area (TPSA) is 98.3 Å². The van der Waals surface area contributed by atoms with Crippen molar-refractivity contribution in [3.8, 4) is 17.0 Å². The smallest absolute Gasteiger partial charge is 0.419 e. The van der Waals surface area contributed by atoms with Crippen LogP contribution in [0, 0.1) is 5.92 Å². The lowest BCUT2D eigenvalue weighted by molar-refractivity contribution is -0.139. The van der Waals surface area contributed by atoms with Gasteiger partial charge in [0.15, 0.2) is 5.13 Å². The summed E-state index contributed by atoms with van der Waals surface area (Å²) in [7, 11) is 0. The number of hydrogen-bond acceptors (Lipinski definition) is 8. The van der Waals surface area contributed by atoms with Crippen molar-refractivity contribution in [3.63, 3.8) is 0 Å². The molecule has 0 saturated heterocycles. The van der Waals surface area contributed by atoms with Gasteiger partial charge in [0.2, 0.25) is 5.95 Å². The molecule has 2 N–H and O–H groups in total. The van der Waals surface area contributed by atoms with Crippen molar-refractivity contribution in [2.75, 3.05) is 11.9 Å². The Hall–Kier alpha value is -3.41. The zero-order chi connectivity index (χ0) is 28.1. The number of benzene rings is 1. The summed E-state index contributed by atoms with van der Waals surface area (Å²) in [5.74, 6) is -0.00522. The molecule has 1 atom stereocenters. The quantitative estimate of drug-likeness (QED) is 0.293. The summed E-state index contributed by atoms with van der Waals surface area (Å²) in [5.41, 5.74) is -2.11. The molecule has 1 amide bonds. The first-order valence-corrected chi connectivity index (χ1v) is 12.9. The van der Waals surface area contributed by atoms with Gasteiger partial charge in [-0.2, -0.15) is 13.2 Å². The van der Waals surface area contributed by atoms with E-state index in [1.165, 1.54) is 35.7 Å². The number of amides is 1. The largest absolute Gasteiger partial charge is 0.491 e. The third kappa shape index (κ3) is 8.57. The zero-order valence-corrected chi connectivity index (χ0v) is 23.0. The number of thiazole rings is 1. The summed E-state index contributed by atoms with van der Waals surface area (Å²) in [4.78, 5) is 25.0. The maximum atomic E-state index is 14.1. The number of rotatable bonds is 9. The van der Waals surface area contributed by atoms with Crippen LogP contribution in [0.1, 0.15) is 53.5 Å². The van der Waals surface area contributed by atoms with E-state index in [9.17, 15) is 18.0 Å². The Morgan fingerprint density at radius 1 is 1.08 bits per heavy atom. The normalized spacial score (nSPS) is 13.6. The average Bonchev–Trinajstić information content (AvgIpc) is 3.28. The maximum Gasteiger partial charge on any atom is 0.419 e. The van der Waals surface area contributed by atoms with Crippen LogP contribution < -0.4 is 15.4 Å². The van der Waals surface area contributed by atoms with Crippen molar-refractivity contribution in [1.29, 1.82) is 0 Å². The molecule has 3 rings (SSSR count). The van der Waals surface area contributed by atoms with Crippen LogP contribution in [0.3, 0.4) is 0 Å². The number of hydrogen-bond donors (Lipinski definition) is 2. The highest BCUT2D eigenvalue weighted by atomic mass is 32.1. The molecule has 38 heavy (non-hydrogen) atoms. The molecule has 0 spiro atoms. The fourth-order valence-electron chi connectivity index (χ4n) is 3.83. The lowest BCUT2D eigenvalue weighted by atomic mass is 9.91. The van der Waals surface area contributed by atoms with Gasteiger partial charge in [-0.25, -0.2) is 19.7 Å². The molecule has 1 aromatic carbocycles. The number of ether oxygens (including phenoxy) is 2. The van der Waals surface area contributed by atoms with Gasteiger partial charge in [0.05, 0.1) is 16.8 Å². The van der Waals surface area contributed by atoms with Gasteiger partial charge in [-0.1, -0.05) is 13.8 Å². The molecule has 0 aliphatic carbocycles. The molecule has 0 fully saturated rings. The van der Waals surface area contributed by atoms with Gasteiger partial charge in [0.25, 0.3) is 0 Å². The van der Waals surface area contributed by atoms with Gasteiger partial charge in [-0.05, 0) is 64.3 Å². The predicted molar refractivity (Wildman–Crippen MR) is 141 cm³/mol. The van der Waals surface area contributed by atoms with Gasteiger partial charge in [-0.15, -0.1) is 11.3 Å². The van der Waals surface area contributed by atoms with Crippen LogP contribution in [-0.4, -0.2) is 38.8 Å². The third-order valence-corrected chi connectivity index (χ3v) is 5.78. The van der Waals surface area contributed by atoms with Crippen molar-refractivity contribution >= 4 is 28.5 Å². The molecule has 8 nitrogen and oxygen atoms in total. The number of anilines is 2. The first kappa shape index (κ1) is 29.2. The van der Waals surface area contributed by atoms with E-state index < -0.39 is 29.0 Å². The average molecular weight is 552 g/mol. The molecule has 3 aromatic rings. The predicted octanol–water partition coefficient (Wildman–Crippen LogP) is 7.07. The highest BCUT2D eigenvalue weighted by molar-refractivity contribution is 7.13. The molecule has 0 saturated carbocycles. The molecule has 0 aliphatic rings. The summed E-state index contributed by atoms with van der Waals surface area (Å²) in [6.07, 6.45) is -1.83. The molecule has 0 unspecified atom stereocenters. The highest BCUT2D eigenvalue weighted by Crippen LogP contribution is 2.39. The van der Waals surface area contributed by atoms with E-state index in [1.807, 2.05) is 13.8 Å². The minimum atomic E-state index is -4.69. The Morgan fingerprint density at radius 3 is 2.42 bits per heavy atom. The Morgan fingerprint density at radius 2 is 1.82 bits per heavy atom. The van der Waals surface area contributed by atoms with E-state index >= 15 is 0 Å². The molecule has 0 radical (unpaired) electrons. The van der Waals surface area contributed by atoms with Crippen LogP contribution in [0.4, 0.5) is 29.0 Å². The fraction of sp³-hybridized carbons (Fsp3) is 0.462. The van der Waals surface area contributed by atoms with Gasteiger partial charge in [0.1, 0.15) is 18.0 Å². The summed E-state index contributed by atoms with van der Waals surface area (Å²) < 4.78 is 53.3. The van der Waals surface area contributed by atoms with E-state index in [2.05, 4.69) is 25.6 Å². The minimum Gasteiger partial charge on any atom is -0.491 e. The Kier molecular flexibility index (Phi) is 8.86. The van der Waals surface area contributed by atoms with E-state index in [4.69, 9.17) is 9.47 Å². The standard InChI is InChI=1S/C26H32F3N5O3S/c1-16(2)14-25(6,34-23(35)37-24(3,4)5)15-36-20-8-7-17(13-18(20)26(27,28)29)19-9-10-30-21(32-19)33-22-31-11-12-38-22/h7-13,16H,14-15H2,1-6H3,(H,34,35)(H,30,31,32,33)/t25-/m0/s1. The summed E-state index contributed by atoms with van der Waals surface area (Å²) >= 11 is 1.34. The second-order valence-electron chi connectivity index (χ2n) is 10.5. The van der Waals surface area contributed by atoms with E-state index in [0.717, 1.165) is 6.07 Å². The molecule has 206 valence electrons. The van der Waals surface area contributed by atoms with Crippen molar-refractivity contribution in [2.45, 2.75) is 65.3 Å². The number of alkyl carbamates (subject to hydrolysis) is 1. The van der Waals surface area contributed by atoms with Gasteiger partial charge in [0, 0.05) is 23.3 Å². The summed E-state index contributed by atoms with van der Waals surface area (Å²) in [6.45, 7) is 10.6. The van der Waals surface area contributed by atoms with Crippen LogP contribution in [0.15, 0.2) is 42.0 Å². The highest BCUT2D eigenvalue weighted by Gasteiger charge is 2.37. The van der Waals surface area contributed by atoms with Crippen molar-refractivity contribution < 1.29 is 27.4 Å². The Balaban J connectivity index is 1.85. The van der Waals surface area contributed by atoms with Crippen molar-refractivity contribution in [3.05, 3.63) is 47.6 Å². The molecule has 0 bridgehead atoms. The monoisotopic (exact) mass is 551 g/mol. The molecular weight excluding hydrogens is 519 g/mol. The second kappa shape index (κ2) is 11.5. The summed E-state index contributed by atoms with van der Waals surface area (Å²) in [5, 5.41) is 8.04. The van der Waals surface area contributed by atoms with Gasteiger partial charge < -0.3 is 20.1 Å². The van der Waals surface area contributed by atoms with Gasteiger partial charge >= 0.3 is 12.3 Å². The zero-order valence-electron chi connectivity index (χ0n) is 22.1. The van der Waals surface area contributed by atoms with Crippen LogP contribution >= 0.6 is 11.3 Å². The number of halogens is 3. The Bertz CT molecular complexity index is 1230. The molecule has 2 aromatic heterocycles. The lowest BCUT2D eigenvalue weighted by Crippen LogP contribution is -2.52. The fourth-order valence-corrected chi connectivity index (χ4v) is 4.35. The van der Waals surface area contributed by atoms with Crippen molar-refractivity contribution in [2.24, 2.45) is 5.92 Å². The first-order valence-electron chi connectivity index (χ1n) is 12.0. The number of nitrogens with one attached hydrogen (secondary N) is 2. The number of nitrogens with zero attached hydrogens (tertiary/aromatic N) is 3. The Labute approximate surface area is 224 Å². The number of alkyl halides is 3. The lowest BCUT2D eigenvalue weighted by Gasteiger charge is -2.33. The van der Waals surface area contributed by atoms with E-state index in [-0.39, 0.29) is 29.8 Å². The molecule has 12 heteroatoms. The number of aromatic nitrogens is 3. The number of carbonyl (C=O) groups is 1. The number of carbonyl (C=O) groups excluding carboxylic acids is 1. The van der Waals surface area contributed by atoms with Crippen molar-refractivity contribution in [1.82, 2.24) is 20.3 Å². The van der Waals surface area contributed by atoms with E-state index in [1.54, 1.807) is 39.3 Å².